The van der Waals surface area contributed by atoms with Gasteiger partial charge in [-0.15, -0.1) is 5.10 Å². The molecule has 0 spiro atoms. The van der Waals surface area contributed by atoms with Gasteiger partial charge in [0, 0.05) is 5.56 Å². The topological polar surface area (TPSA) is 110 Å². The Hall–Kier alpha value is -3.66. The number of benzene rings is 1. The van der Waals surface area contributed by atoms with E-state index in [0.717, 1.165) is 28.3 Å². The summed E-state index contributed by atoms with van der Waals surface area (Å²) in [7, 11) is 1.61. The first kappa shape index (κ1) is 15.8. The zero-order chi connectivity index (χ0) is 18.3. The van der Waals surface area contributed by atoms with Crippen molar-refractivity contribution in [1.82, 2.24) is 10.2 Å². The van der Waals surface area contributed by atoms with Crippen LogP contribution in [0.2, 0.25) is 0 Å². The number of methoxy groups -OCH3 is 1. The van der Waals surface area contributed by atoms with E-state index in [1.54, 1.807) is 7.11 Å². The molecule has 2 aromatic heterocycles. The Balaban J connectivity index is 1.90. The molecule has 3 heterocycles. The molecule has 3 N–H and O–H groups in total. The number of rotatable bonds is 3. The number of allylic oxidation sites excluding steroid dienone is 1. The minimum Gasteiger partial charge on any atom is -0.497 e. The molecular formula is C19H16N4O3. The first-order valence-electron chi connectivity index (χ1n) is 7.99. The van der Waals surface area contributed by atoms with Gasteiger partial charge in [-0.1, -0.05) is 0 Å². The Labute approximate surface area is 149 Å². The van der Waals surface area contributed by atoms with Gasteiger partial charge in [0.2, 0.25) is 11.8 Å². The largest absolute Gasteiger partial charge is 0.497 e. The fourth-order valence-electron chi connectivity index (χ4n) is 3.12. The summed E-state index contributed by atoms with van der Waals surface area (Å²) in [6.45, 7) is 1.85. The lowest BCUT2D eigenvalue weighted by Crippen LogP contribution is -2.20. The van der Waals surface area contributed by atoms with E-state index in [1.807, 2.05) is 43.3 Å². The van der Waals surface area contributed by atoms with E-state index in [9.17, 15) is 5.26 Å². The molecule has 4 rings (SSSR count). The molecule has 7 heteroatoms. The van der Waals surface area contributed by atoms with E-state index in [0.29, 0.717) is 17.2 Å². The lowest BCUT2D eigenvalue weighted by atomic mass is 9.86. The number of fused-ring (bicyclic) bond motifs is 1. The van der Waals surface area contributed by atoms with Crippen molar-refractivity contribution in [3.63, 3.8) is 0 Å². The second kappa shape index (κ2) is 6.01. The van der Waals surface area contributed by atoms with E-state index in [4.69, 9.17) is 19.6 Å². The van der Waals surface area contributed by atoms with Gasteiger partial charge in [-0.2, -0.15) is 5.26 Å². The minimum atomic E-state index is -0.492. The monoisotopic (exact) mass is 348 g/mol. The van der Waals surface area contributed by atoms with Crippen molar-refractivity contribution in [2.24, 2.45) is 5.73 Å². The van der Waals surface area contributed by atoms with Crippen LogP contribution in [-0.2, 0) is 0 Å². The van der Waals surface area contributed by atoms with Gasteiger partial charge in [-0.25, -0.2) is 0 Å². The number of ether oxygens (including phenoxy) is 2. The molecule has 26 heavy (non-hydrogen) atoms. The van der Waals surface area contributed by atoms with Crippen molar-refractivity contribution in [2.45, 2.75) is 12.8 Å². The number of nitrogens with one attached hydrogen (secondary N) is 1. The zero-order valence-electron chi connectivity index (χ0n) is 14.2. The lowest BCUT2D eigenvalue weighted by Gasteiger charge is -2.22. The number of nitrogens with zero attached hydrogens (tertiary/aromatic N) is 2. The second-order valence-electron chi connectivity index (χ2n) is 5.92. The number of aryl methyl sites for hydroxylation is 1. The molecule has 0 aliphatic carbocycles. The van der Waals surface area contributed by atoms with Crippen molar-refractivity contribution in [1.29, 1.82) is 5.26 Å². The molecule has 0 amide bonds. The van der Waals surface area contributed by atoms with Gasteiger partial charge in [0.05, 0.1) is 24.3 Å². The Kier molecular flexibility index (Phi) is 3.66. The van der Waals surface area contributed by atoms with Gasteiger partial charge in [0.1, 0.15) is 28.9 Å². The summed E-state index contributed by atoms with van der Waals surface area (Å²) < 4.78 is 16.6. The molecule has 1 aliphatic heterocycles. The van der Waals surface area contributed by atoms with Gasteiger partial charge < -0.3 is 19.6 Å². The van der Waals surface area contributed by atoms with Crippen LogP contribution in [0.25, 0.3) is 11.3 Å². The number of hydrogen-bond acceptors (Lipinski definition) is 6. The van der Waals surface area contributed by atoms with Gasteiger partial charge in [-0.05, 0) is 43.3 Å². The predicted octanol–water partition coefficient (Wildman–Crippen LogP) is 3.20. The molecule has 1 aliphatic rings. The maximum absolute atomic E-state index is 9.64. The smallest absolute Gasteiger partial charge is 0.244 e. The van der Waals surface area contributed by atoms with Gasteiger partial charge in [0.15, 0.2) is 0 Å². The maximum Gasteiger partial charge on any atom is 0.244 e. The van der Waals surface area contributed by atoms with Crippen molar-refractivity contribution >= 4 is 0 Å². The second-order valence-corrected chi connectivity index (χ2v) is 5.92. The van der Waals surface area contributed by atoms with E-state index < -0.39 is 5.92 Å². The molecule has 1 atom stereocenters. The predicted molar refractivity (Wildman–Crippen MR) is 93.3 cm³/mol. The van der Waals surface area contributed by atoms with Crippen LogP contribution < -0.4 is 15.2 Å². The average molecular weight is 348 g/mol. The van der Waals surface area contributed by atoms with Crippen molar-refractivity contribution in [2.75, 3.05) is 7.11 Å². The standard InChI is InChI=1S/C19H16N4O3/c1-10-3-8-14(25-10)15-13(9-20)18(21)26-19-16(15)17(22-23-19)11-4-6-12(24-2)7-5-11/h3-8,15H,21H2,1-2H3,(H,22,23)/t15-/m0/s1. The van der Waals surface area contributed by atoms with Crippen LogP contribution in [0.15, 0.2) is 52.3 Å². The molecule has 0 fully saturated rings. The van der Waals surface area contributed by atoms with Crippen molar-refractivity contribution in [3.8, 4) is 29.0 Å². The first-order valence-corrected chi connectivity index (χ1v) is 7.99. The zero-order valence-corrected chi connectivity index (χ0v) is 14.2. The molecule has 1 aromatic carbocycles. The fraction of sp³-hybridized carbons (Fsp3) is 0.158. The number of aromatic amines is 1. The lowest BCUT2D eigenvalue weighted by molar-refractivity contribution is 0.369. The number of aromatic nitrogens is 2. The van der Waals surface area contributed by atoms with Gasteiger partial charge in [-0.3, -0.25) is 5.10 Å². The van der Waals surface area contributed by atoms with Crippen LogP contribution in [0, 0.1) is 18.3 Å². The normalized spacial score (nSPS) is 16.0. The Morgan fingerprint density at radius 3 is 2.62 bits per heavy atom. The van der Waals surface area contributed by atoms with Gasteiger partial charge >= 0.3 is 0 Å². The fourth-order valence-corrected chi connectivity index (χ4v) is 3.12. The third kappa shape index (κ3) is 2.40. The van der Waals surface area contributed by atoms with Crippen LogP contribution in [-0.4, -0.2) is 17.3 Å². The van der Waals surface area contributed by atoms with Crippen LogP contribution in [0.1, 0.15) is 23.0 Å². The summed E-state index contributed by atoms with van der Waals surface area (Å²) in [5, 5.41) is 16.9. The average Bonchev–Trinajstić information content (AvgIpc) is 3.26. The minimum absolute atomic E-state index is 0.0341. The summed E-state index contributed by atoms with van der Waals surface area (Å²) in [5.41, 5.74) is 8.58. The van der Waals surface area contributed by atoms with E-state index in [-0.39, 0.29) is 5.88 Å². The third-order valence-electron chi connectivity index (χ3n) is 4.36. The van der Waals surface area contributed by atoms with Crippen molar-refractivity contribution in [3.05, 3.63) is 64.9 Å². The molecule has 0 unspecified atom stereocenters. The number of furan rings is 1. The summed E-state index contributed by atoms with van der Waals surface area (Å²) >= 11 is 0. The number of nitriles is 1. The molecule has 7 nitrogen and oxygen atoms in total. The highest BCUT2D eigenvalue weighted by Gasteiger charge is 2.37. The summed E-state index contributed by atoms with van der Waals surface area (Å²) in [4.78, 5) is 0. The highest BCUT2D eigenvalue weighted by Crippen LogP contribution is 2.46. The van der Waals surface area contributed by atoms with Crippen LogP contribution in [0.3, 0.4) is 0 Å². The molecule has 130 valence electrons. The molecule has 0 saturated heterocycles. The number of hydrogen-bond donors (Lipinski definition) is 2. The van der Waals surface area contributed by atoms with Crippen LogP contribution >= 0.6 is 0 Å². The van der Waals surface area contributed by atoms with E-state index in [1.165, 1.54) is 0 Å². The highest BCUT2D eigenvalue weighted by atomic mass is 16.5. The molecular weight excluding hydrogens is 332 g/mol. The maximum atomic E-state index is 9.64. The van der Waals surface area contributed by atoms with Crippen LogP contribution in [0.4, 0.5) is 0 Å². The Bertz CT molecular complexity index is 1040. The molecule has 0 saturated carbocycles. The van der Waals surface area contributed by atoms with E-state index >= 15 is 0 Å². The third-order valence-corrected chi connectivity index (χ3v) is 4.36. The van der Waals surface area contributed by atoms with Crippen molar-refractivity contribution < 1.29 is 13.9 Å². The summed E-state index contributed by atoms with van der Waals surface area (Å²) in [6, 6.07) is 13.4. The first-order chi connectivity index (χ1) is 12.6. The highest BCUT2D eigenvalue weighted by molar-refractivity contribution is 5.70. The SMILES string of the molecule is COc1ccc(-c2[nH]nc3c2[C@H](c2ccc(C)o2)C(C#N)=C(N)O3)cc1. The Morgan fingerprint density at radius 1 is 1.23 bits per heavy atom. The molecule has 3 aromatic rings. The van der Waals surface area contributed by atoms with Crippen LogP contribution in [0.5, 0.6) is 11.6 Å². The van der Waals surface area contributed by atoms with Gasteiger partial charge in [0.25, 0.3) is 0 Å². The molecule has 0 radical (unpaired) electrons. The summed E-state index contributed by atoms with van der Waals surface area (Å²) in [5.74, 6) is 1.99. The molecule has 0 bridgehead atoms. The Morgan fingerprint density at radius 2 is 2.00 bits per heavy atom. The number of nitrogens with two attached hydrogens (primary N) is 1. The summed E-state index contributed by atoms with van der Waals surface area (Å²) in [6.07, 6.45) is 0. The van der Waals surface area contributed by atoms with E-state index in [2.05, 4.69) is 16.3 Å². The number of H-pyrrole nitrogens is 1. The quantitative estimate of drug-likeness (QED) is 0.752.